The van der Waals surface area contributed by atoms with Crippen molar-refractivity contribution in [2.45, 2.75) is 38.6 Å². The van der Waals surface area contributed by atoms with Crippen LogP contribution >= 0.6 is 0 Å². The number of ether oxygens (including phenoxy) is 1. The van der Waals surface area contributed by atoms with Crippen molar-refractivity contribution in [2.24, 2.45) is 5.92 Å². The Hall–Kier alpha value is -2.30. The van der Waals surface area contributed by atoms with E-state index in [4.69, 9.17) is 4.74 Å². The van der Waals surface area contributed by atoms with E-state index in [9.17, 15) is 9.59 Å². The van der Waals surface area contributed by atoms with Crippen LogP contribution in [0.4, 0.5) is 0 Å². The molecule has 0 aliphatic heterocycles. The predicted molar refractivity (Wildman–Crippen MR) is 92.8 cm³/mol. The lowest BCUT2D eigenvalue weighted by Crippen LogP contribution is -2.41. The van der Waals surface area contributed by atoms with Crippen molar-refractivity contribution in [1.82, 2.24) is 9.88 Å². The van der Waals surface area contributed by atoms with Gasteiger partial charge in [0.2, 0.25) is 0 Å². The van der Waals surface area contributed by atoms with Gasteiger partial charge < -0.3 is 14.6 Å². The number of likely N-dealkylation sites (N-methyl/N-ethyl adjacent to an activating group) is 1. The second-order valence-electron chi connectivity index (χ2n) is 6.74. The Labute approximate surface area is 142 Å². The first-order chi connectivity index (χ1) is 11.6. The van der Waals surface area contributed by atoms with E-state index in [0.717, 1.165) is 42.5 Å². The van der Waals surface area contributed by atoms with Crippen LogP contribution in [0, 0.1) is 5.92 Å². The first kappa shape index (κ1) is 16.6. The van der Waals surface area contributed by atoms with Crippen molar-refractivity contribution in [2.75, 3.05) is 13.7 Å². The van der Waals surface area contributed by atoms with Crippen molar-refractivity contribution in [1.29, 1.82) is 0 Å². The number of benzene rings is 1. The predicted octanol–water partition coefficient (Wildman–Crippen LogP) is 3.36. The number of aromatic amines is 1. The fraction of sp³-hybridized carbons (Fsp3) is 0.474. The highest BCUT2D eigenvalue weighted by molar-refractivity contribution is 6.04. The molecule has 0 atom stereocenters. The van der Waals surface area contributed by atoms with Crippen LogP contribution in [0.1, 0.15) is 43.0 Å². The topological polar surface area (TPSA) is 62.4 Å². The summed E-state index contributed by atoms with van der Waals surface area (Å²) in [5.74, 6) is 0.138. The number of H-pyrrole nitrogens is 1. The lowest BCUT2D eigenvalue weighted by Gasteiger charge is -2.33. The number of esters is 1. The fourth-order valence-corrected chi connectivity index (χ4v) is 3.38. The molecule has 0 saturated heterocycles. The summed E-state index contributed by atoms with van der Waals surface area (Å²) in [4.78, 5) is 29.3. The van der Waals surface area contributed by atoms with Crippen molar-refractivity contribution in [3.05, 3.63) is 36.0 Å². The molecule has 3 rings (SSSR count). The largest absolute Gasteiger partial charge is 0.452 e. The second kappa shape index (κ2) is 7.07. The summed E-state index contributed by atoms with van der Waals surface area (Å²) in [6.07, 6.45) is 5.98. The number of amides is 1. The number of nitrogens with zero attached hydrogens (tertiary/aromatic N) is 1. The molecule has 0 bridgehead atoms. The average Bonchev–Trinajstić information content (AvgIpc) is 3.03. The van der Waals surface area contributed by atoms with E-state index in [1.54, 1.807) is 11.1 Å². The molecule has 5 heteroatoms. The van der Waals surface area contributed by atoms with Crippen LogP contribution in [0.15, 0.2) is 30.5 Å². The molecule has 1 amide bonds. The van der Waals surface area contributed by atoms with Gasteiger partial charge in [-0.25, -0.2) is 4.79 Å². The summed E-state index contributed by atoms with van der Waals surface area (Å²) in [5.41, 5.74) is 1.34. The summed E-state index contributed by atoms with van der Waals surface area (Å²) in [6.45, 7) is 2.04. The van der Waals surface area contributed by atoms with E-state index < -0.39 is 5.97 Å². The Kier molecular flexibility index (Phi) is 4.88. The lowest BCUT2D eigenvalue weighted by molar-refractivity contribution is -0.136. The van der Waals surface area contributed by atoms with E-state index in [1.165, 1.54) is 0 Å². The van der Waals surface area contributed by atoms with Gasteiger partial charge in [0.15, 0.2) is 6.61 Å². The SMILES string of the molecule is CC1CCC(N(C)C(=O)COC(=O)c2c[nH]c3ccccc23)CC1. The van der Waals surface area contributed by atoms with Crippen LogP contribution in [0.25, 0.3) is 10.9 Å². The Morgan fingerprint density at radius 3 is 2.67 bits per heavy atom. The zero-order chi connectivity index (χ0) is 17.1. The normalized spacial score (nSPS) is 20.8. The zero-order valence-corrected chi connectivity index (χ0v) is 14.2. The van der Waals surface area contributed by atoms with E-state index in [1.807, 2.05) is 31.3 Å². The van der Waals surface area contributed by atoms with Crippen molar-refractivity contribution >= 4 is 22.8 Å². The summed E-state index contributed by atoms with van der Waals surface area (Å²) in [6, 6.07) is 7.79. The second-order valence-corrected chi connectivity index (χ2v) is 6.74. The van der Waals surface area contributed by atoms with Gasteiger partial charge in [-0.05, 0) is 37.7 Å². The number of aromatic nitrogens is 1. The number of carbonyl (C=O) groups is 2. The maximum absolute atomic E-state index is 12.3. The Balaban J connectivity index is 1.56. The molecular weight excluding hydrogens is 304 g/mol. The summed E-state index contributed by atoms with van der Waals surface area (Å²) in [7, 11) is 1.81. The van der Waals surface area contributed by atoms with E-state index in [-0.39, 0.29) is 18.6 Å². The Morgan fingerprint density at radius 1 is 1.21 bits per heavy atom. The Morgan fingerprint density at radius 2 is 1.92 bits per heavy atom. The minimum absolute atomic E-state index is 0.136. The van der Waals surface area contributed by atoms with Crippen molar-refractivity contribution in [3.63, 3.8) is 0 Å². The molecule has 1 aromatic heterocycles. The maximum atomic E-state index is 12.3. The highest BCUT2D eigenvalue weighted by Gasteiger charge is 2.25. The van der Waals surface area contributed by atoms with Crippen LogP contribution in [-0.2, 0) is 9.53 Å². The van der Waals surface area contributed by atoms with Gasteiger partial charge in [-0.2, -0.15) is 0 Å². The maximum Gasteiger partial charge on any atom is 0.340 e. The third kappa shape index (κ3) is 3.45. The van der Waals surface area contributed by atoms with E-state index in [2.05, 4.69) is 11.9 Å². The van der Waals surface area contributed by atoms with Crippen LogP contribution < -0.4 is 0 Å². The molecule has 1 aliphatic carbocycles. The monoisotopic (exact) mass is 328 g/mol. The molecule has 24 heavy (non-hydrogen) atoms. The summed E-state index contributed by atoms with van der Waals surface area (Å²) in [5, 5.41) is 0.810. The highest BCUT2D eigenvalue weighted by Crippen LogP contribution is 2.26. The molecule has 1 fully saturated rings. The first-order valence-corrected chi connectivity index (χ1v) is 8.55. The molecule has 1 aliphatic rings. The number of nitrogens with one attached hydrogen (secondary N) is 1. The molecule has 5 nitrogen and oxygen atoms in total. The number of rotatable bonds is 4. The third-order valence-corrected chi connectivity index (χ3v) is 5.06. The van der Waals surface area contributed by atoms with Crippen molar-refractivity contribution < 1.29 is 14.3 Å². The van der Waals surface area contributed by atoms with Crippen LogP contribution in [-0.4, -0.2) is 41.5 Å². The molecule has 2 aromatic rings. The van der Waals surface area contributed by atoms with Crippen LogP contribution in [0.2, 0.25) is 0 Å². The number of para-hydroxylation sites is 1. The zero-order valence-electron chi connectivity index (χ0n) is 14.2. The number of hydrogen-bond donors (Lipinski definition) is 1. The Bertz CT molecular complexity index is 729. The molecule has 0 radical (unpaired) electrons. The molecule has 1 saturated carbocycles. The molecule has 0 unspecified atom stereocenters. The molecule has 1 N–H and O–H groups in total. The minimum atomic E-state index is -0.466. The van der Waals surface area contributed by atoms with Gasteiger partial charge in [-0.1, -0.05) is 25.1 Å². The quantitative estimate of drug-likeness (QED) is 0.875. The van der Waals surface area contributed by atoms with Crippen LogP contribution in [0.3, 0.4) is 0 Å². The van der Waals surface area contributed by atoms with Gasteiger partial charge in [0.05, 0.1) is 5.56 Å². The molecule has 128 valence electrons. The van der Waals surface area contributed by atoms with Gasteiger partial charge in [-0.15, -0.1) is 0 Å². The molecule has 0 spiro atoms. The van der Waals surface area contributed by atoms with Gasteiger partial charge >= 0.3 is 5.97 Å². The van der Waals surface area contributed by atoms with Gasteiger partial charge in [0, 0.05) is 30.2 Å². The van der Waals surface area contributed by atoms with Gasteiger partial charge in [0.25, 0.3) is 5.91 Å². The van der Waals surface area contributed by atoms with Crippen molar-refractivity contribution in [3.8, 4) is 0 Å². The number of fused-ring (bicyclic) bond motifs is 1. The van der Waals surface area contributed by atoms with E-state index in [0.29, 0.717) is 5.56 Å². The summed E-state index contributed by atoms with van der Waals surface area (Å²) < 4.78 is 5.24. The smallest absolute Gasteiger partial charge is 0.340 e. The van der Waals surface area contributed by atoms with Gasteiger partial charge in [0.1, 0.15) is 0 Å². The standard InChI is InChI=1S/C19H24N2O3/c1-13-7-9-14(10-8-13)21(2)18(22)12-24-19(23)16-11-20-17-6-4-3-5-15(16)17/h3-6,11,13-14,20H,7-10,12H2,1-2H3. The average molecular weight is 328 g/mol. The molecule has 1 aromatic carbocycles. The third-order valence-electron chi connectivity index (χ3n) is 5.06. The highest BCUT2D eigenvalue weighted by atomic mass is 16.5. The lowest BCUT2D eigenvalue weighted by atomic mass is 9.87. The van der Waals surface area contributed by atoms with E-state index >= 15 is 0 Å². The molecule has 1 heterocycles. The number of hydrogen-bond acceptors (Lipinski definition) is 3. The molecular formula is C19H24N2O3. The summed E-state index contributed by atoms with van der Waals surface area (Å²) >= 11 is 0. The first-order valence-electron chi connectivity index (χ1n) is 8.55. The minimum Gasteiger partial charge on any atom is -0.452 e. The van der Waals surface area contributed by atoms with Gasteiger partial charge in [-0.3, -0.25) is 4.79 Å². The number of carbonyl (C=O) groups excluding carboxylic acids is 2. The van der Waals surface area contributed by atoms with Crippen LogP contribution in [0.5, 0.6) is 0 Å². The fourth-order valence-electron chi connectivity index (χ4n) is 3.38.